The first-order chi connectivity index (χ1) is 9.10. The lowest BCUT2D eigenvalue weighted by molar-refractivity contribution is 0.209. The van der Waals surface area contributed by atoms with Gasteiger partial charge in [-0.2, -0.15) is 0 Å². The maximum Gasteiger partial charge on any atom is 0.410 e. The van der Waals surface area contributed by atoms with Gasteiger partial charge in [-0.25, -0.2) is 9.78 Å². The summed E-state index contributed by atoms with van der Waals surface area (Å²) in [7, 11) is 1.55. The summed E-state index contributed by atoms with van der Waals surface area (Å²) in [6.45, 7) is 0. The van der Waals surface area contributed by atoms with E-state index in [1.807, 2.05) is 0 Å². The molecule has 1 aromatic carbocycles. The lowest BCUT2D eigenvalue weighted by atomic mass is 10.1. The molecule has 0 saturated heterocycles. The first-order valence-corrected chi connectivity index (χ1v) is 6.19. The summed E-state index contributed by atoms with van der Waals surface area (Å²) in [6, 6.07) is 7.03. The minimum atomic E-state index is -1.18. The van der Waals surface area contributed by atoms with Crippen molar-refractivity contribution in [2.75, 3.05) is 12.4 Å². The molecule has 7 heteroatoms. The summed E-state index contributed by atoms with van der Waals surface area (Å²) in [5.41, 5.74) is 0.657. The molecule has 1 aromatic heterocycles. The Morgan fingerprint density at radius 1 is 1.53 bits per heavy atom. The Kier molecular flexibility index (Phi) is 3.98. The van der Waals surface area contributed by atoms with Gasteiger partial charge < -0.3 is 14.9 Å². The number of hydrogen-bond donors (Lipinski definition) is 3. The normalized spacial score (nSPS) is 11.9. The van der Waals surface area contributed by atoms with Crippen molar-refractivity contribution >= 4 is 22.6 Å². The molecule has 0 aliphatic carbocycles. The van der Waals surface area contributed by atoms with Crippen LogP contribution in [0.3, 0.4) is 0 Å². The van der Waals surface area contributed by atoms with Crippen molar-refractivity contribution in [3.05, 3.63) is 40.9 Å². The van der Waals surface area contributed by atoms with E-state index in [2.05, 4.69) is 10.3 Å². The second-order valence-electron chi connectivity index (χ2n) is 3.68. The molecule has 1 atom stereocenters. The van der Waals surface area contributed by atoms with Gasteiger partial charge in [-0.15, -0.1) is 0 Å². The van der Waals surface area contributed by atoms with Crippen LogP contribution in [0.25, 0.3) is 0 Å². The molecule has 0 fully saturated rings. The van der Waals surface area contributed by atoms with E-state index < -0.39 is 12.2 Å². The lowest BCUT2D eigenvalue weighted by Gasteiger charge is -2.09. The quantitative estimate of drug-likeness (QED) is 0.799. The Balaban J connectivity index is 2.20. The van der Waals surface area contributed by atoms with Crippen LogP contribution in [-0.4, -0.2) is 28.4 Å². The van der Waals surface area contributed by atoms with Crippen molar-refractivity contribution in [1.82, 2.24) is 4.98 Å². The highest BCUT2D eigenvalue weighted by molar-refractivity contribution is 7.15. The number of rotatable bonds is 4. The zero-order valence-corrected chi connectivity index (χ0v) is 10.8. The number of aliphatic hydroxyl groups excluding tert-OH is 1. The third kappa shape index (κ3) is 3.21. The van der Waals surface area contributed by atoms with E-state index in [4.69, 9.17) is 9.84 Å². The van der Waals surface area contributed by atoms with Gasteiger partial charge in [-0.1, -0.05) is 23.5 Å². The van der Waals surface area contributed by atoms with E-state index in [-0.39, 0.29) is 5.13 Å². The van der Waals surface area contributed by atoms with Gasteiger partial charge in [0.1, 0.15) is 11.9 Å². The van der Waals surface area contributed by atoms with Crippen LogP contribution in [0, 0.1) is 0 Å². The van der Waals surface area contributed by atoms with Crippen LogP contribution < -0.4 is 10.1 Å². The Labute approximate surface area is 113 Å². The topological polar surface area (TPSA) is 91.7 Å². The molecule has 0 spiro atoms. The Morgan fingerprint density at radius 3 is 3.00 bits per heavy atom. The molecule has 0 radical (unpaired) electrons. The third-order valence-corrected chi connectivity index (χ3v) is 3.38. The van der Waals surface area contributed by atoms with Gasteiger partial charge in [-0.05, 0) is 17.7 Å². The van der Waals surface area contributed by atoms with Gasteiger partial charge in [0.15, 0.2) is 5.13 Å². The summed E-state index contributed by atoms with van der Waals surface area (Å²) in [5.74, 6) is 0.643. The highest BCUT2D eigenvalue weighted by Gasteiger charge is 2.15. The van der Waals surface area contributed by atoms with Crippen LogP contribution in [0.2, 0.25) is 0 Å². The number of amides is 1. The number of nitrogens with one attached hydrogen (secondary N) is 1. The minimum Gasteiger partial charge on any atom is -0.497 e. The zero-order chi connectivity index (χ0) is 13.8. The highest BCUT2D eigenvalue weighted by Crippen LogP contribution is 2.30. The first-order valence-electron chi connectivity index (χ1n) is 5.38. The molecule has 0 saturated carbocycles. The first kappa shape index (κ1) is 13.3. The van der Waals surface area contributed by atoms with Crippen molar-refractivity contribution in [2.24, 2.45) is 0 Å². The van der Waals surface area contributed by atoms with Crippen LogP contribution >= 0.6 is 11.3 Å². The van der Waals surface area contributed by atoms with Gasteiger partial charge in [0.25, 0.3) is 0 Å². The number of carbonyl (C=O) groups is 1. The Hall–Kier alpha value is -2.12. The molecule has 1 unspecified atom stereocenters. The SMILES string of the molecule is COc1cccc(C(O)c2cnc(NC(=O)O)s2)c1. The fourth-order valence-electron chi connectivity index (χ4n) is 1.54. The number of benzene rings is 1. The molecule has 0 aliphatic rings. The minimum absolute atomic E-state index is 0.226. The van der Waals surface area contributed by atoms with E-state index in [1.165, 1.54) is 6.20 Å². The molecule has 3 N–H and O–H groups in total. The fourth-order valence-corrected chi connectivity index (χ4v) is 2.36. The van der Waals surface area contributed by atoms with Gasteiger partial charge in [0.05, 0.1) is 12.0 Å². The summed E-state index contributed by atoms with van der Waals surface area (Å²) in [4.78, 5) is 14.9. The number of anilines is 1. The number of aromatic nitrogens is 1. The van der Waals surface area contributed by atoms with Crippen LogP contribution in [0.4, 0.5) is 9.93 Å². The maximum atomic E-state index is 10.5. The number of ether oxygens (including phenoxy) is 1. The van der Waals surface area contributed by atoms with Gasteiger partial charge >= 0.3 is 6.09 Å². The Bertz CT molecular complexity index is 585. The van der Waals surface area contributed by atoms with E-state index in [1.54, 1.807) is 31.4 Å². The molecule has 2 rings (SSSR count). The van der Waals surface area contributed by atoms with E-state index >= 15 is 0 Å². The molecule has 100 valence electrons. The van der Waals surface area contributed by atoms with Gasteiger partial charge in [0, 0.05) is 6.20 Å². The molecule has 0 bridgehead atoms. The monoisotopic (exact) mass is 280 g/mol. The van der Waals surface area contributed by atoms with Crippen molar-refractivity contribution < 1.29 is 19.7 Å². The smallest absolute Gasteiger partial charge is 0.410 e. The molecule has 2 aromatic rings. The average molecular weight is 280 g/mol. The summed E-state index contributed by atoms with van der Waals surface area (Å²) in [5, 5.41) is 21.1. The molecule has 19 heavy (non-hydrogen) atoms. The molecular formula is C12H12N2O4S. The summed E-state index contributed by atoms with van der Waals surface area (Å²) in [6.07, 6.45) is -0.603. The number of nitrogens with zero attached hydrogens (tertiary/aromatic N) is 1. The van der Waals surface area contributed by atoms with Crippen LogP contribution in [0.15, 0.2) is 30.5 Å². The van der Waals surface area contributed by atoms with Crippen molar-refractivity contribution in [3.63, 3.8) is 0 Å². The number of thiazole rings is 1. The van der Waals surface area contributed by atoms with E-state index in [0.29, 0.717) is 16.2 Å². The zero-order valence-electron chi connectivity index (χ0n) is 10.0. The second kappa shape index (κ2) is 5.68. The predicted octanol–water partition coefficient (Wildman–Crippen LogP) is 2.32. The number of methoxy groups -OCH3 is 1. The van der Waals surface area contributed by atoms with Crippen molar-refractivity contribution in [1.29, 1.82) is 0 Å². The van der Waals surface area contributed by atoms with Crippen LogP contribution in [0.1, 0.15) is 16.5 Å². The van der Waals surface area contributed by atoms with E-state index in [0.717, 1.165) is 11.3 Å². The van der Waals surface area contributed by atoms with E-state index in [9.17, 15) is 9.90 Å². The summed E-state index contributed by atoms with van der Waals surface area (Å²) < 4.78 is 5.09. The van der Waals surface area contributed by atoms with Gasteiger partial charge in [-0.3, -0.25) is 5.32 Å². The summed E-state index contributed by atoms with van der Waals surface area (Å²) >= 11 is 1.08. The standard InChI is InChI=1S/C12H12N2O4S/c1-18-8-4-2-3-7(5-8)10(15)9-6-13-11(19-9)14-12(16)17/h2-6,10,15H,1H3,(H,13,14)(H,16,17). The molecule has 1 heterocycles. The average Bonchev–Trinajstić information content (AvgIpc) is 2.85. The Morgan fingerprint density at radius 2 is 2.32 bits per heavy atom. The van der Waals surface area contributed by atoms with Crippen molar-refractivity contribution in [2.45, 2.75) is 6.10 Å². The number of aliphatic hydroxyl groups is 1. The second-order valence-corrected chi connectivity index (χ2v) is 4.74. The van der Waals surface area contributed by atoms with Crippen LogP contribution in [0.5, 0.6) is 5.75 Å². The van der Waals surface area contributed by atoms with Crippen LogP contribution in [-0.2, 0) is 0 Å². The highest BCUT2D eigenvalue weighted by atomic mass is 32.1. The largest absolute Gasteiger partial charge is 0.497 e. The van der Waals surface area contributed by atoms with Crippen molar-refractivity contribution in [3.8, 4) is 5.75 Å². The number of hydrogen-bond acceptors (Lipinski definition) is 5. The molecular weight excluding hydrogens is 268 g/mol. The maximum absolute atomic E-state index is 10.5. The lowest BCUT2D eigenvalue weighted by Crippen LogP contribution is -2.06. The van der Waals surface area contributed by atoms with Gasteiger partial charge in [0.2, 0.25) is 0 Å². The predicted molar refractivity (Wildman–Crippen MR) is 70.8 cm³/mol. The number of carboxylic acid groups (broad SMARTS) is 1. The molecule has 6 nitrogen and oxygen atoms in total. The molecule has 0 aliphatic heterocycles. The fraction of sp³-hybridized carbons (Fsp3) is 0.167. The third-order valence-electron chi connectivity index (χ3n) is 2.42. The molecule has 1 amide bonds.